The summed E-state index contributed by atoms with van der Waals surface area (Å²) in [4.78, 5) is 20.4. The molecule has 0 aliphatic rings. The predicted octanol–water partition coefficient (Wildman–Crippen LogP) is 7.59. The first-order valence-corrected chi connectivity index (χ1v) is 11.5. The number of aliphatic carboxylic acids is 2. The number of rotatable bonds is 19. The molecule has 0 rings (SSSR count). The lowest BCUT2D eigenvalue weighted by Gasteiger charge is -2.00. The molecule has 0 aromatic heterocycles. The Morgan fingerprint density at radius 1 is 0.444 bits per heavy atom. The molecule has 0 aromatic rings. The van der Waals surface area contributed by atoms with Crippen LogP contribution in [0, 0.1) is 0 Å². The minimum Gasteiger partial charge on any atom is -0.481 e. The number of carbonyl (C=O) groups is 2. The van der Waals surface area contributed by atoms with Crippen molar-refractivity contribution < 1.29 is 19.8 Å². The highest BCUT2D eigenvalue weighted by Gasteiger charge is 1.98. The van der Waals surface area contributed by atoms with Gasteiger partial charge in [0.25, 0.3) is 0 Å². The lowest BCUT2D eigenvalue weighted by molar-refractivity contribution is -0.138. The van der Waals surface area contributed by atoms with Gasteiger partial charge < -0.3 is 10.2 Å². The predicted molar refractivity (Wildman–Crippen MR) is 114 cm³/mol. The fraction of sp³-hybridized carbons (Fsp3) is 0.913. The van der Waals surface area contributed by atoms with E-state index in [0.29, 0.717) is 0 Å². The van der Waals surface area contributed by atoms with Crippen molar-refractivity contribution in [1.82, 2.24) is 0 Å². The quantitative estimate of drug-likeness (QED) is 0.224. The van der Waals surface area contributed by atoms with Crippen LogP contribution in [0.3, 0.4) is 0 Å². The molecule has 0 aromatic carbocycles. The molecule has 0 amide bonds. The Balaban J connectivity index is 0. The standard InChI is InChI=1S/C12H22O4.C11H24/c13-11(14)9-7-5-3-1-2-4-6-8-10-12(15)16;1-3-5-7-9-11-10-8-6-4-2/h1-10H2,(H,13,14)(H,15,16);3-11H2,1-2H3. The summed E-state index contributed by atoms with van der Waals surface area (Å²) in [6.07, 6.45) is 21.5. The average molecular weight is 387 g/mol. The number of hydrogen-bond acceptors (Lipinski definition) is 2. The lowest BCUT2D eigenvalue weighted by Crippen LogP contribution is -1.94. The van der Waals surface area contributed by atoms with E-state index in [9.17, 15) is 9.59 Å². The van der Waals surface area contributed by atoms with Crippen molar-refractivity contribution in [2.75, 3.05) is 0 Å². The third kappa shape index (κ3) is 33.0. The molecule has 4 nitrogen and oxygen atoms in total. The zero-order valence-corrected chi connectivity index (χ0v) is 18.1. The van der Waals surface area contributed by atoms with E-state index in [1.54, 1.807) is 0 Å². The van der Waals surface area contributed by atoms with Gasteiger partial charge in [-0.2, -0.15) is 0 Å². The van der Waals surface area contributed by atoms with Gasteiger partial charge in [0.1, 0.15) is 0 Å². The first-order chi connectivity index (χ1) is 13.0. The zero-order valence-electron chi connectivity index (χ0n) is 18.1. The summed E-state index contributed by atoms with van der Waals surface area (Å²) in [7, 11) is 0. The van der Waals surface area contributed by atoms with Crippen LogP contribution in [-0.4, -0.2) is 22.2 Å². The monoisotopic (exact) mass is 386 g/mol. The molecule has 0 radical (unpaired) electrons. The maximum atomic E-state index is 10.2. The Morgan fingerprint density at radius 2 is 0.667 bits per heavy atom. The maximum Gasteiger partial charge on any atom is 0.303 e. The maximum absolute atomic E-state index is 10.2. The smallest absolute Gasteiger partial charge is 0.303 e. The number of carboxylic acid groups (broad SMARTS) is 2. The highest BCUT2D eigenvalue weighted by molar-refractivity contribution is 5.66. The van der Waals surface area contributed by atoms with E-state index in [1.165, 1.54) is 57.8 Å². The van der Waals surface area contributed by atoms with E-state index < -0.39 is 11.9 Å². The van der Waals surface area contributed by atoms with Crippen molar-refractivity contribution in [1.29, 1.82) is 0 Å². The molecular weight excluding hydrogens is 340 g/mol. The largest absolute Gasteiger partial charge is 0.481 e. The minimum atomic E-state index is -0.714. The van der Waals surface area contributed by atoms with Gasteiger partial charge in [-0.1, -0.05) is 110 Å². The van der Waals surface area contributed by atoms with Crippen molar-refractivity contribution in [3.05, 3.63) is 0 Å². The molecule has 0 spiro atoms. The van der Waals surface area contributed by atoms with Crippen LogP contribution in [-0.2, 0) is 9.59 Å². The van der Waals surface area contributed by atoms with E-state index in [1.807, 2.05) is 0 Å². The van der Waals surface area contributed by atoms with E-state index in [4.69, 9.17) is 10.2 Å². The van der Waals surface area contributed by atoms with Crippen LogP contribution in [0.4, 0.5) is 0 Å². The Labute approximate surface area is 168 Å². The fourth-order valence-electron chi connectivity index (χ4n) is 3.00. The van der Waals surface area contributed by atoms with Crippen LogP contribution < -0.4 is 0 Å². The Hall–Kier alpha value is -1.06. The second-order valence-corrected chi connectivity index (χ2v) is 7.59. The summed E-state index contributed by atoms with van der Waals surface area (Å²) in [6, 6.07) is 0. The Bertz CT molecular complexity index is 286. The third-order valence-electron chi connectivity index (χ3n) is 4.74. The molecule has 0 fully saturated rings. The molecule has 27 heavy (non-hydrogen) atoms. The Kier molecular flexibility index (Phi) is 26.0. The molecule has 0 unspecified atom stereocenters. The van der Waals surface area contributed by atoms with Crippen LogP contribution in [0.5, 0.6) is 0 Å². The van der Waals surface area contributed by atoms with Gasteiger partial charge in [-0.3, -0.25) is 9.59 Å². The molecule has 162 valence electrons. The molecular formula is C23H46O4. The molecule has 4 heteroatoms. The summed E-state index contributed by atoms with van der Waals surface area (Å²) < 4.78 is 0. The molecule has 0 saturated carbocycles. The highest BCUT2D eigenvalue weighted by Crippen LogP contribution is 2.10. The summed E-state index contributed by atoms with van der Waals surface area (Å²) >= 11 is 0. The van der Waals surface area contributed by atoms with Gasteiger partial charge in [0.2, 0.25) is 0 Å². The van der Waals surface area contributed by atoms with Crippen molar-refractivity contribution >= 4 is 11.9 Å². The molecule has 2 N–H and O–H groups in total. The van der Waals surface area contributed by atoms with Gasteiger partial charge in [0, 0.05) is 12.8 Å². The summed E-state index contributed by atoms with van der Waals surface area (Å²) in [5.41, 5.74) is 0. The molecule has 0 heterocycles. The summed E-state index contributed by atoms with van der Waals surface area (Å²) in [6.45, 7) is 4.55. The first kappa shape index (κ1) is 28.2. The number of hydrogen-bond donors (Lipinski definition) is 2. The van der Waals surface area contributed by atoms with Crippen LogP contribution in [0.25, 0.3) is 0 Å². The third-order valence-corrected chi connectivity index (χ3v) is 4.74. The van der Waals surface area contributed by atoms with Crippen molar-refractivity contribution in [2.45, 2.75) is 136 Å². The van der Waals surface area contributed by atoms with Crippen molar-refractivity contribution in [2.24, 2.45) is 0 Å². The molecule has 0 bridgehead atoms. The van der Waals surface area contributed by atoms with E-state index in [2.05, 4.69) is 13.8 Å². The topological polar surface area (TPSA) is 74.6 Å². The number of carboxylic acids is 2. The molecule has 0 aliphatic heterocycles. The van der Waals surface area contributed by atoms with E-state index in [0.717, 1.165) is 51.4 Å². The summed E-state index contributed by atoms with van der Waals surface area (Å²) in [5.74, 6) is -1.43. The van der Waals surface area contributed by atoms with Gasteiger partial charge >= 0.3 is 11.9 Å². The van der Waals surface area contributed by atoms with E-state index >= 15 is 0 Å². The van der Waals surface area contributed by atoms with Crippen LogP contribution in [0.1, 0.15) is 136 Å². The zero-order chi connectivity index (χ0) is 20.6. The lowest BCUT2D eigenvalue weighted by atomic mass is 10.1. The molecule has 0 aliphatic carbocycles. The second-order valence-electron chi connectivity index (χ2n) is 7.59. The number of unbranched alkanes of at least 4 members (excludes halogenated alkanes) is 15. The summed E-state index contributed by atoms with van der Waals surface area (Å²) in [5, 5.41) is 16.8. The normalized spacial score (nSPS) is 10.3. The van der Waals surface area contributed by atoms with Gasteiger partial charge in [0.15, 0.2) is 0 Å². The van der Waals surface area contributed by atoms with Crippen LogP contribution >= 0.6 is 0 Å². The van der Waals surface area contributed by atoms with Gasteiger partial charge in [-0.15, -0.1) is 0 Å². The van der Waals surface area contributed by atoms with Crippen LogP contribution in [0.2, 0.25) is 0 Å². The molecule has 0 atom stereocenters. The average Bonchev–Trinajstić information content (AvgIpc) is 2.62. The van der Waals surface area contributed by atoms with Crippen LogP contribution in [0.15, 0.2) is 0 Å². The first-order valence-electron chi connectivity index (χ1n) is 11.5. The van der Waals surface area contributed by atoms with E-state index in [-0.39, 0.29) is 12.8 Å². The molecule has 0 saturated heterocycles. The second kappa shape index (κ2) is 24.9. The fourth-order valence-corrected chi connectivity index (χ4v) is 3.00. The van der Waals surface area contributed by atoms with Crippen molar-refractivity contribution in [3.63, 3.8) is 0 Å². The van der Waals surface area contributed by atoms with Crippen molar-refractivity contribution in [3.8, 4) is 0 Å². The minimum absolute atomic E-state index is 0.276. The van der Waals surface area contributed by atoms with Gasteiger partial charge in [-0.25, -0.2) is 0 Å². The van der Waals surface area contributed by atoms with Gasteiger partial charge in [0.05, 0.1) is 0 Å². The highest BCUT2D eigenvalue weighted by atomic mass is 16.4. The van der Waals surface area contributed by atoms with Gasteiger partial charge in [-0.05, 0) is 12.8 Å². The Morgan fingerprint density at radius 3 is 0.889 bits per heavy atom. The SMILES string of the molecule is CCCCCCCCCCC.O=C(O)CCCCCCCCCCC(=O)O.